The Labute approximate surface area is 144 Å². The molecule has 0 saturated heterocycles. The molecule has 0 unspecified atom stereocenters. The molecule has 0 aromatic heterocycles. The summed E-state index contributed by atoms with van der Waals surface area (Å²) >= 11 is 0. The molecule has 0 bridgehead atoms. The van der Waals surface area contributed by atoms with E-state index in [1.165, 1.54) is 18.3 Å². The number of carbonyl (C=O) groups excluding carboxylic acids is 1. The number of anilines is 1. The van der Waals surface area contributed by atoms with Crippen LogP contribution in [0.1, 0.15) is 44.4 Å². The van der Waals surface area contributed by atoms with Crippen molar-refractivity contribution in [2.75, 3.05) is 18.5 Å². The maximum Gasteiger partial charge on any atom is 0.261 e. The number of fused-ring (bicyclic) bond motifs is 1. The van der Waals surface area contributed by atoms with Crippen LogP contribution in [-0.2, 0) is 4.79 Å². The number of hydrogen-bond acceptors (Lipinski definition) is 3. The van der Waals surface area contributed by atoms with Crippen LogP contribution in [0.25, 0.3) is 11.6 Å². The van der Waals surface area contributed by atoms with E-state index in [2.05, 4.69) is 56.1 Å². The topological polar surface area (TPSA) is 56.1 Å². The van der Waals surface area contributed by atoms with Gasteiger partial charge in [0.2, 0.25) is 0 Å². The minimum Gasteiger partial charge on any atom is -0.363 e. The average molecular weight is 323 g/mol. The van der Waals surface area contributed by atoms with Gasteiger partial charge >= 0.3 is 0 Å². The third kappa shape index (κ3) is 3.07. The maximum atomic E-state index is 11.8. The maximum absolute atomic E-state index is 11.8. The summed E-state index contributed by atoms with van der Waals surface area (Å²) in [5, 5.41) is 11.7. The summed E-state index contributed by atoms with van der Waals surface area (Å²) in [5.41, 5.74) is 5.61. The fraction of sp³-hybridized carbons (Fsp3) is 0.400. The van der Waals surface area contributed by atoms with Crippen LogP contribution in [0.4, 0.5) is 5.69 Å². The van der Waals surface area contributed by atoms with Crippen molar-refractivity contribution in [1.29, 1.82) is 5.26 Å². The number of nitrogens with zero attached hydrogens (tertiary/aromatic N) is 2. The molecular formula is C20H25N3O. The van der Waals surface area contributed by atoms with Crippen molar-refractivity contribution in [1.82, 2.24) is 5.32 Å². The van der Waals surface area contributed by atoms with Gasteiger partial charge in [-0.05, 0) is 69.5 Å². The third-order valence-electron chi connectivity index (χ3n) is 4.57. The first-order valence-electron chi connectivity index (χ1n) is 8.21. The van der Waals surface area contributed by atoms with E-state index in [4.69, 9.17) is 0 Å². The smallest absolute Gasteiger partial charge is 0.261 e. The van der Waals surface area contributed by atoms with Crippen molar-refractivity contribution in [2.24, 2.45) is 0 Å². The van der Waals surface area contributed by atoms with Gasteiger partial charge < -0.3 is 10.2 Å². The van der Waals surface area contributed by atoms with Gasteiger partial charge in [0.1, 0.15) is 11.6 Å². The van der Waals surface area contributed by atoms with Crippen LogP contribution in [-0.4, -0.2) is 25.0 Å². The van der Waals surface area contributed by atoms with Gasteiger partial charge in [-0.1, -0.05) is 6.08 Å². The van der Waals surface area contributed by atoms with E-state index < -0.39 is 0 Å². The van der Waals surface area contributed by atoms with Crippen molar-refractivity contribution in [3.8, 4) is 6.07 Å². The first-order valence-corrected chi connectivity index (χ1v) is 8.21. The SMILES string of the molecule is CCN1c2cc(C)c(/C=C(\C#N)C(=O)NC)cc2C(C)=CC1(C)C. The number of carbonyl (C=O) groups is 1. The molecule has 0 fully saturated rings. The van der Waals surface area contributed by atoms with E-state index in [1.807, 2.05) is 13.0 Å². The van der Waals surface area contributed by atoms with E-state index in [1.54, 1.807) is 6.08 Å². The zero-order valence-corrected chi connectivity index (χ0v) is 15.3. The van der Waals surface area contributed by atoms with Gasteiger partial charge in [-0.2, -0.15) is 5.26 Å². The fourth-order valence-corrected chi connectivity index (χ4v) is 3.42. The lowest BCUT2D eigenvalue weighted by Gasteiger charge is -2.43. The molecule has 0 saturated carbocycles. The predicted octanol–water partition coefficient (Wildman–Crippen LogP) is 3.67. The molecule has 4 heteroatoms. The van der Waals surface area contributed by atoms with E-state index in [0.29, 0.717) is 0 Å². The van der Waals surface area contributed by atoms with Crippen LogP contribution < -0.4 is 10.2 Å². The molecular weight excluding hydrogens is 298 g/mol. The van der Waals surface area contributed by atoms with Gasteiger partial charge in [-0.3, -0.25) is 4.79 Å². The number of nitriles is 1. The van der Waals surface area contributed by atoms with Crippen molar-refractivity contribution in [2.45, 2.75) is 40.2 Å². The van der Waals surface area contributed by atoms with Gasteiger partial charge in [-0.15, -0.1) is 0 Å². The molecule has 1 heterocycles. The first kappa shape index (κ1) is 17.8. The second-order valence-electron chi connectivity index (χ2n) is 6.70. The van der Waals surface area contributed by atoms with E-state index >= 15 is 0 Å². The zero-order chi connectivity index (χ0) is 18.1. The molecule has 1 aliphatic heterocycles. The molecule has 0 radical (unpaired) electrons. The van der Waals surface area contributed by atoms with Crippen LogP contribution >= 0.6 is 0 Å². The highest BCUT2D eigenvalue weighted by Crippen LogP contribution is 2.40. The monoisotopic (exact) mass is 323 g/mol. The number of benzene rings is 1. The number of nitrogens with one attached hydrogen (secondary N) is 1. The molecule has 1 aromatic rings. The molecule has 2 rings (SSSR count). The molecule has 0 atom stereocenters. The van der Waals surface area contributed by atoms with Gasteiger partial charge in [0.25, 0.3) is 5.91 Å². The Morgan fingerprint density at radius 2 is 2.04 bits per heavy atom. The summed E-state index contributed by atoms with van der Waals surface area (Å²) in [6, 6.07) is 6.21. The molecule has 0 aliphatic carbocycles. The lowest BCUT2D eigenvalue weighted by atomic mass is 9.86. The van der Waals surface area contributed by atoms with Gasteiger partial charge in [0, 0.05) is 24.8 Å². The largest absolute Gasteiger partial charge is 0.363 e. The minimum absolute atomic E-state index is 0.0322. The van der Waals surface area contributed by atoms with Gasteiger partial charge in [0.05, 0.1) is 5.54 Å². The molecule has 24 heavy (non-hydrogen) atoms. The molecule has 1 amide bonds. The Morgan fingerprint density at radius 1 is 1.38 bits per heavy atom. The fourth-order valence-electron chi connectivity index (χ4n) is 3.42. The predicted molar refractivity (Wildman–Crippen MR) is 99.6 cm³/mol. The lowest BCUT2D eigenvalue weighted by Crippen LogP contribution is -2.44. The highest BCUT2D eigenvalue weighted by Gasteiger charge is 2.30. The van der Waals surface area contributed by atoms with Crippen LogP contribution in [0, 0.1) is 18.3 Å². The van der Waals surface area contributed by atoms with Crippen molar-refractivity contribution >= 4 is 23.2 Å². The summed E-state index contributed by atoms with van der Waals surface area (Å²) in [5.74, 6) is -0.363. The average Bonchev–Trinajstić information content (AvgIpc) is 2.52. The van der Waals surface area contributed by atoms with Gasteiger partial charge in [0.15, 0.2) is 0 Å². The number of aryl methyl sites for hydroxylation is 1. The number of hydrogen-bond donors (Lipinski definition) is 1. The second-order valence-corrected chi connectivity index (χ2v) is 6.70. The molecule has 126 valence electrons. The third-order valence-corrected chi connectivity index (χ3v) is 4.57. The van der Waals surface area contributed by atoms with E-state index in [0.717, 1.165) is 23.2 Å². The lowest BCUT2D eigenvalue weighted by molar-refractivity contribution is -0.116. The molecule has 1 aromatic carbocycles. The molecule has 0 spiro atoms. The number of allylic oxidation sites excluding steroid dienone is 1. The summed E-state index contributed by atoms with van der Waals surface area (Å²) in [7, 11) is 1.53. The Morgan fingerprint density at radius 3 is 2.58 bits per heavy atom. The first-order chi connectivity index (χ1) is 11.2. The Hall–Kier alpha value is -2.54. The number of amides is 1. The minimum atomic E-state index is -0.363. The van der Waals surface area contributed by atoms with Crippen LogP contribution in [0.2, 0.25) is 0 Å². The highest BCUT2D eigenvalue weighted by molar-refractivity contribution is 6.02. The standard InChI is InChI=1S/C20H25N3O/c1-7-23-18-8-13(2)15(9-16(12-21)19(24)22-6)10-17(18)14(3)11-20(23,4)5/h8-11H,7H2,1-6H3,(H,22,24)/b16-9+. The second kappa shape index (κ2) is 6.52. The van der Waals surface area contributed by atoms with E-state index in [-0.39, 0.29) is 17.0 Å². The van der Waals surface area contributed by atoms with Gasteiger partial charge in [-0.25, -0.2) is 0 Å². The Balaban J connectivity index is 2.63. The van der Waals surface area contributed by atoms with Crippen molar-refractivity contribution in [3.63, 3.8) is 0 Å². The number of likely N-dealkylation sites (N-methyl/N-ethyl adjacent to an activating group) is 2. The van der Waals surface area contributed by atoms with Crippen LogP contribution in [0.5, 0.6) is 0 Å². The summed E-state index contributed by atoms with van der Waals surface area (Å²) < 4.78 is 0. The molecule has 4 nitrogen and oxygen atoms in total. The van der Waals surface area contributed by atoms with Crippen LogP contribution in [0.3, 0.4) is 0 Å². The van der Waals surface area contributed by atoms with Crippen molar-refractivity contribution < 1.29 is 4.79 Å². The number of rotatable bonds is 3. The van der Waals surface area contributed by atoms with E-state index in [9.17, 15) is 10.1 Å². The quantitative estimate of drug-likeness (QED) is 0.682. The summed E-state index contributed by atoms with van der Waals surface area (Å²) in [6.45, 7) is 11.6. The van der Waals surface area contributed by atoms with Crippen molar-refractivity contribution in [3.05, 3.63) is 40.5 Å². The Kier molecular flexibility index (Phi) is 4.84. The highest BCUT2D eigenvalue weighted by atomic mass is 16.1. The summed E-state index contributed by atoms with van der Waals surface area (Å²) in [6.07, 6.45) is 3.93. The molecule has 1 N–H and O–H groups in total. The molecule has 1 aliphatic rings. The summed E-state index contributed by atoms with van der Waals surface area (Å²) in [4.78, 5) is 14.1. The zero-order valence-electron chi connectivity index (χ0n) is 15.3. The van der Waals surface area contributed by atoms with Crippen LogP contribution in [0.15, 0.2) is 23.8 Å². The normalized spacial score (nSPS) is 16.1. The Bertz CT molecular complexity index is 779.